The van der Waals surface area contributed by atoms with Gasteiger partial charge in [-0.2, -0.15) is 0 Å². The van der Waals surface area contributed by atoms with Gasteiger partial charge in [-0.05, 0) is 19.4 Å². The quantitative estimate of drug-likeness (QED) is 0.432. The monoisotopic (exact) mass is 260 g/mol. The molecular formula is C11H20N2O5. The van der Waals surface area contributed by atoms with E-state index >= 15 is 0 Å². The van der Waals surface area contributed by atoms with E-state index in [1.807, 2.05) is 0 Å². The Labute approximate surface area is 105 Å². The Bertz CT molecular complexity index is 276. The number of hydrogen-bond acceptors (Lipinski definition) is 5. The van der Waals surface area contributed by atoms with Crippen LogP contribution in [0.1, 0.15) is 25.7 Å². The normalized spacial score (nSPS) is 31.3. The maximum Gasteiger partial charge on any atom is 0.320 e. The molecular weight excluding hydrogens is 240 g/mol. The molecule has 0 aromatic heterocycles. The van der Waals surface area contributed by atoms with E-state index in [0.29, 0.717) is 13.0 Å². The fraction of sp³-hybridized carbons (Fsp3) is 0.818. The number of β-amino-alcohol motifs (C(OH)–C–C–N with tert-alkyl or cyclic N) is 1. The summed E-state index contributed by atoms with van der Waals surface area (Å²) in [5.41, 5.74) is 0. The molecule has 0 radical (unpaired) electrons. The Balaban J connectivity index is 0.000000180. The zero-order chi connectivity index (χ0) is 13.5. The minimum Gasteiger partial charge on any atom is -0.480 e. The van der Waals surface area contributed by atoms with Crippen LogP contribution in [-0.4, -0.2) is 58.5 Å². The van der Waals surface area contributed by atoms with E-state index in [-0.39, 0.29) is 6.04 Å². The number of aliphatic hydroxyl groups excluding tert-OH is 1. The molecule has 0 aromatic carbocycles. The molecule has 0 spiro atoms. The second kappa shape index (κ2) is 7.30. The van der Waals surface area contributed by atoms with Crippen molar-refractivity contribution in [1.82, 2.24) is 10.6 Å². The Morgan fingerprint density at radius 3 is 1.94 bits per heavy atom. The predicted octanol–water partition coefficient (Wildman–Crippen LogP) is -0.993. The Kier molecular flexibility index (Phi) is 6.03. The molecule has 2 fully saturated rings. The van der Waals surface area contributed by atoms with Gasteiger partial charge in [-0.15, -0.1) is 0 Å². The molecule has 7 nitrogen and oxygen atoms in total. The van der Waals surface area contributed by atoms with Gasteiger partial charge in [0.25, 0.3) is 0 Å². The molecule has 7 heteroatoms. The van der Waals surface area contributed by atoms with Gasteiger partial charge in [-0.3, -0.25) is 9.59 Å². The van der Waals surface area contributed by atoms with Gasteiger partial charge in [0, 0.05) is 13.0 Å². The fourth-order valence-electron chi connectivity index (χ4n) is 1.97. The number of aliphatic hydroxyl groups is 1. The number of nitrogens with one attached hydrogen (secondary N) is 2. The van der Waals surface area contributed by atoms with Gasteiger partial charge in [0.2, 0.25) is 0 Å². The molecule has 0 amide bonds. The Morgan fingerprint density at radius 2 is 1.67 bits per heavy atom. The molecule has 2 rings (SSSR count). The van der Waals surface area contributed by atoms with Crippen molar-refractivity contribution in [3.05, 3.63) is 0 Å². The molecule has 2 heterocycles. The van der Waals surface area contributed by atoms with Crippen LogP contribution in [0.25, 0.3) is 0 Å². The molecule has 3 atom stereocenters. The summed E-state index contributed by atoms with van der Waals surface area (Å²) in [4.78, 5) is 20.5. The standard InChI is InChI=1S/C6H11NO2.C5H9NO3/c8-6(9)5-3-1-2-4-7-5;7-3-1-4(5(8)9)6-2-3/h5,7H,1-4H2,(H,8,9);3-4,6-7H,1-2H2,(H,8,9)/t;3?,4-/m.0/s1. The van der Waals surface area contributed by atoms with Crippen molar-refractivity contribution < 1.29 is 24.9 Å². The third-order valence-electron chi connectivity index (χ3n) is 3.01. The third kappa shape index (κ3) is 4.99. The maximum absolute atomic E-state index is 10.3. The second-order valence-electron chi connectivity index (χ2n) is 4.53. The molecule has 2 aliphatic rings. The number of aliphatic carboxylic acids is 2. The molecule has 2 aliphatic heterocycles. The van der Waals surface area contributed by atoms with Crippen molar-refractivity contribution in [2.24, 2.45) is 0 Å². The number of piperidine rings is 1. The van der Waals surface area contributed by atoms with Gasteiger partial charge >= 0.3 is 11.9 Å². The molecule has 5 N–H and O–H groups in total. The average Bonchev–Trinajstić information content (AvgIpc) is 2.78. The van der Waals surface area contributed by atoms with Crippen LogP contribution in [0.15, 0.2) is 0 Å². The summed E-state index contributed by atoms with van der Waals surface area (Å²) in [6.07, 6.45) is 2.80. The summed E-state index contributed by atoms with van der Waals surface area (Å²) >= 11 is 0. The van der Waals surface area contributed by atoms with Crippen LogP contribution in [0, 0.1) is 0 Å². The first-order valence-corrected chi connectivity index (χ1v) is 6.11. The highest BCUT2D eigenvalue weighted by molar-refractivity contribution is 5.74. The van der Waals surface area contributed by atoms with Crippen LogP contribution in [0.3, 0.4) is 0 Å². The van der Waals surface area contributed by atoms with Crippen LogP contribution in [-0.2, 0) is 9.59 Å². The minimum atomic E-state index is -0.883. The van der Waals surface area contributed by atoms with E-state index in [9.17, 15) is 9.59 Å². The van der Waals surface area contributed by atoms with Crippen LogP contribution in [0.4, 0.5) is 0 Å². The van der Waals surface area contributed by atoms with Gasteiger partial charge < -0.3 is 26.0 Å². The van der Waals surface area contributed by atoms with E-state index in [0.717, 1.165) is 25.8 Å². The summed E-state index contributed by atoms with van der Waals surface area (Å²) in [6.45, 7) is 1.26. The summed E-state index contributed by atoms with van der Waals surface area (Å²) in [5.74, 6) is -1.60. The zero-order valence-corrected chi connectivity index (χ0v) is 10.1. The van der Waals surface area contributed by atoms with Crippen molar-refractivity contribution in [3.8, 4) is 0 Å². The Hall–Kier alpha value is -1.18. The van der Waals surface area contributed by atoms with Gasteiger partial charge in [0.15, 0.2) is 0 Å². The van der Waals surface area contributed by atoms with Crippen molar-refractivity contribution >= 4 is 11.9 Å². The fourth-order valence-corrected chi connectivity index (χ4v) is 1.97. The van der Waals surface area contributed by atoms with Crippen LogP contribution < -0.4 is 10.6 Å². The lowest BCUT2D eigenvalue weighted by molar-refractivity contribution is -0.140. The molecule has 0 aliphatic carbocycles. The molecule has 2 saturated heterocycles. The maximum atomic E-state index is 10.3. The van der Waals surface area contributed by atoms with Gasteiger partial charge in [0.1, 0.15) is 12.1 Å². The molecule has 104 valence electrons. The van der Waals surface area contributed by atoms with Crippen molar-refractivity contribution in [2.75, 3.05) is 13.1 Å². The summed E-state index contributed by atoms with van der Waals surface area (Å²) in [5, 5.41) is 31.2. The summed E-state index contributed by atoms with van der Waals surface area (Å²) in [6, 6.07) is -0.821. The first-order chi connectivity index (χ1) is 8.50. The molecule has 0 saturated carbocycles. The molecule has 0 bridgehead atoms. The lowest BCUT2D eigenvalue weighted by Gasteiger charge is -2.18. The number of carboxylic acid groups (broad SMARTS) is 2. The first kappa shape index (κ1) is 14.9. The van der Waals surface area contributed by atoms with Gasteiger partial charge in [-0.1, -0.05) is 6.42 Å². The highest BCUT2D eigenvalue weighted by atomic mass is 16.4. The van der Waals surface area contributed by atoms with E-state index in [4.69, 9.17) is 15.3 Å². The predicted molar refractivity (Wildman–Crippen MR) is 63.3 cm³/mol. The largest absolute Gasteiger partial charge is 0.480 e. The van der Waals surface area contributed by atoms with E-state index < -0.39 is 24.1 Å². The molecule has 2 unspecified atom stereocenters. The van der Waals surface area contributed by atoms with Gasteiger partial charge in [0.05, 0.1) is 6.10 Å². The van der Waals surface area contributed by atoms with E-state index in [1.54, 1.807) is 0 Å². The zero-order valence-electron chi connectivity index (χ0n) is 10.1. The summed E-state index contributed by atoms with van der Waals surface area (Å²) < 4.78 is 0. The van der Waals surface area contributed by atoms with Gasteiger partial charge in [-0.25, -0.2) is 0 Å². The van der Waals surface area contributed by atoms with E-state index in [2.05, 4.69) is 10.6 Å². The van der Waals surface area contributed by atoms with Crippen LogP contribution in [0.5, 0.6) is 0 Å². The molecule has 0 aromatic rings. The minimum absolute atomic E-state index is 0.279. The average molecular weight is 260 g/mol. The lowest BCUT2D eigenvalue weighted by atomic mass is 10.1. The third-order valence-corrected chi connectivity index (χ3v) is 3.01. The second-order valence-corrected chi connectivity index (χ2v) is 4.53. The van der Waals surface area contributed by atoms with Crippen molar-refractivity contribution in [2.45, 2.75) is 43.9 Å². The SMILES string of the molecule is O=C(O)C1CCCCN1.O=C(O)[C@@H]1CC(O)CN1. The van der Waals surface area contributed by atoms with Crippen LogP contribution in [0.2, 0.25) is 0 Å². The highest BCUT2D eigenvalue weighted by Gasteiger charge is 2.27. The van der Waals surface area contributed by atoms with Crippen molar-refractivity contribution in [3.63, 3.8) is 0 Å². The Morgan fingerprint density at radius 1 is 1.00 bits per heavy atom. The number of hydrogen-bond donors (Lipinski definition) is 5. The topological polar surface area (TPSA) is 119 Å². The smallest absolute Gasteiger partial charge is 0.320 e. The first-order valence-electron chi connectivity index (χ1n) is 6.11. The van der Waals surface area contributed by atoms with Crippen molar-refractivity contribution in [1.29, 1.82) is 0 Å². The molecule has 18 heavy (non-hydrogen) atoms. The highest BCUT2D eigenvalue weighted by Crippen LogP contribution is 2.06. The van der Waals surface area contributed by atoms with E-state index in [1.165, 1.54) is 0 Å². The van der Waals surface area contributed by atoms with Crippen LogP contribution >= 0.6 is 0 Å². The lowest BCUT2D eigenvalue weighted by Crippen LogP contribution is -2.40. The number of rotatable bonds is 2. The number of carboxylic acids is 2. The number of carbonyl (C=O) groups is 2. The summed E-state index contributed by atoms with van der Waals surface area (Å²) in [7, 11) is 0.